The first-order valence-electron chi connectivity index (χ1n) is 9.55. The summed E-state index contributed by atoms with van der Waals surface area (Å²) in [6.07, 6.45) is 2.08. The van der Waals surface area contributed by atoms with Gasteiger partial charge in [-0.25, -0.2) is 8.42 Å². The largest absolute Gasteiger partial charge is 0.466 e. The zero-order chi connectivity index (χ0) is 20.0. The van der Waals surface area contributed by atoms with Crippen LogP contribution in [-0.2, 0) is 32.5 Å². The molecule has 0 aromatic heterocycles. The average Bonchev–Trinajstić information content (AvgIpc) is 2.69. The summed E-state index contributed by atoms with van der Waals surface area (Å²) in [7, 11) is -3.58. The molecule has 6 nitrogen and oxygen atoms in total. The number of ether oxygens (including phenoxy) is 1. The van der Waals surface area contributed by atoms with Gasteiger partial charge >= 0.3 is 5.97 Å². The minimum atomic E-state index is -3.58. The number of carbonyl (C=O) groups is 1. The van der Waals surface area contributed by atoms with E-state index in [4.69, 9.17) is 4.74 Å². The topological polar surface area (TPSA) is 75.7 Å². The minimum Gasteiger partial charge on any atom is -0.466 e. The number of anilines is 1. The summed E-state index contributed by atoms with van der Waals surface area (Å²) in [5.74, 6) is -0.143. The Morgan fingerprint density at radius 3 is 2.68 bits per heavy atom. The molecule has 7 heteroatoms. The molecule has 1 heterocycles. The SMILES string of the molecule is CCOC(=O)CCCN1CCc2cc(NS(=O)(=O)c3ccccc3)ccc2C1. The van der Waals surface area contributed by atoms with Crippen LogP contribution in [0.25, 0.3) is 0 Å². The van der Waals surface area contributed by atoms with Gasteiger partial charge in [0, 0.05) is 25.2 Å². The van der Waals surface area contributed by atoms with Gasteiger partial charge in [-0.1, -0.05) is 24.3 Å². The van der Waals surface area contributed by atoms with Crippen molar-refractivity contribution in [3.05, 3.63) is 59.7 Å². The molecular weight excluding hydrogens is 376 g/mol. The number of hydrogen-bond acceptors (Lipinski definition) is 5. The summed E-state index contributed by atoms with van der Waals surface area (Å²) in [4.78, 5) is 14.0. The van der Waals surface area contributed by atoms with Gasteiger partial charge in [0.15, 0.2) is 0 Å². The summed E-state index contributed by atoms with van der Waals surface area (Å²) in [5, 5.41) is 0. The van der Waals surface area contributed by atoms with E-state index in [1.54, 1.807) is 36.4 Å². The van der Waals surface area contributed by atoms with E-state index >= 15 is 0 Å². The normalized spacial score (nSPS) is 14.3. The van der Waals surface area contributed by atoms with Gasteiger partial charge in [0.1, 0.15) is 0 Å². The van der Waals surface area contributed by atoms with Gasteiger partial charge in [0.05, 0.1) is 11.5 Å². The van der Waals surface area contributed by atoms with Crippen LogP contribution in [0.2, 0.25) is 0 Å². The van der Waals surface area contributed by atoms with E-state index < -0.39 is 10.0 Å². The van der Waals surface area contributed by atoms with Crippen molar-refractivity contribution in [1.29, 1.82) is 0 Å². The van der Waals surface area contributed by atoms with Crippen molar-refractivity contribution in [3.63, 3.8) is 0 Å². The molecule has 0 atom stereocenters. The number of rotatable bonds is 8. The third kappa shape index (κ3) is 5.33. The summed E-state index contributed by atoms with van der Waals surface area (Å²) < 4.78 is 32.6. The van der Waals surface area contributed by atoms with Crippen LogP contribution in [0.4, 0.5) is 5.69 Å². The predicted molar refractivity (Wildman–Crippen MR) is 109 cm³/mol. The highest BCUT2D eigenvalue weighted by molar-refractivity contribution is 7.92. The number of hydrogen-bond donors (Lipinski definition) is 1. The second kappa shape index (κ2) is 9.21. The maximum absolute atomic E-state index is 12.5. The molecule has 0 saturated heterocycles. The van der Waals surface area contributed by atoms with Crippen LogP contribution in [0.1, 0.15) is 30.9 Å². The van der Waals surface area contributed by atoms with Crippen molar-refractivity contribution >= 4 is 21.7 Å². The van der Waals surface area contributed by atoms with Crippen molar-refractivity contribution < 1.29 is 17.9 Å². The molecule has 0 saturated carbocycles. The number of nitrogens with zero attached hydrogens (tertiary/aromatic N) is 1. The number of nitrogens with one attached hydrogen (secondary N) is 1. The van der Waals surface area contributed by atoms with Crippen LogP contribution in [0, 0.1) is 0 Å². The van der Waals surface area contributed by atoms with Gasteiger partial charge in [-0.2, -0.15) is 0 Å². The van der Waals surface area contributed by atoms with Crippen LogP contribution in [0.15, 0.2) is 53.4 Å². The van der Waals surface area contributed by atoms with Gasteiger partial charge < -0.3 is 4.74 Å². The van der Waals surface area contributed by atoms with E-state index in [0.29, 0.717) is 18.7 Å². The monoisotopic (exact) mass is 402 g/mol. The number of fused-ring (bicyclic) bond motifs is 1. The fourth-order valence-electron chi connectivity index (χ4n) is 3.36. The third-order valence-electron chi connectivity index (χ3n) is 4.76. The van der Waals surface area contributed by atoms with Crippen molar-refractivity contribution in [1.82, 2.24) is 4.90 Å². The molecule has 0 amide bonds. The lowest BCUT2D eigenvalue weighted by Crippen LogP contribution is -2.31. The van der Waals surface area contributed by atoms with Gasteiger partial charge in [-0.15, -0.1) is 0 Å². The third-order valence-corrected chi connectivity index (χ3v) is 6.16. The first-order chi connectivity index (χ1) is 13.5. The van der Waals surface area contributed by atoms with Crippen LogP contribution in [-0.4, -0.2) is 39.0 Å². The second-order valence-corrected chi connectivity index (χ2v) is 8.52. The van der Waals surface area contributed by atoms with Crippen LogP contribution in [0.3, 0.4) is 0 Å². The molecule has 0 radical (unpaired) electrons. The molecule has 0 spiro atoms. The van der Waals surface area contributed by atoms with Crippen LogP contribution >= 0.6 is 0 Å². The Morgan fingerprint density at radius 2 is 1.93 bits per heavy atom. The first-order valence-corrected chi connectivity index (χ1v) is 11.0. The Hall–Kier alpha value is -2.38. The Morgan fingerprint density at radius 1 is 1.14 bits per heavy atom. The van der Waals surface area contributed by atoms with Crippen molar-refractivity contribution in [2.45, 2.75) is 37.6 Å². The highest BCUT2D eigenvalue weighted by atomic mass is 32.2. The van der Waals surface area contributed by atoms with E-state index in [1.807, 2.05) is 19.1 Å². The highest BCUT2D eigenvalue weighted by Crippen LogP contribution is 2.24. The maximum atomic E-state index is 12.5. The number of sulfonamides is 1. The molecule has 2 aromatic carbocycles. The minimum absolute atomic E-state index is 0.143. The van der Waals surface area contributed by atoms with Crippen LogP contribution in [0.5, 0.6) is 0 Å². The maximum Gasteiger partial charge on any atom is 0.305 e. The van der Waals surface area contributed by atoms with Crippen molar-refractivity contribution in [2.75, 3.05) is 24.4 Å². The Kier molecular flexibility index (Phi) is 6.70. The van der Waals surface area contributed by atoms with E-state index in [-0.39, 0.29) is 10.9 Å². The Labute approximate surface area is 166 Å². The molecule has 0 unspecified atom stereocenters. The summed E-state index contributed by atoms with van der Waals surface area (Å²) in [6.45, 7) is 4.79. The smallest absolute Gasteiger partial charge is 0.305 e. The lowest BCUT2D eigenvalue weighted by atomic mass is 9.99. The molecule has 150 valence electrons. The molecule has 1 aliphatic rings. The number of carbonyl (C=O) groups excluding carboxylic acids is 1. The van der Waals surface area contributed by atoms with Crippen LogP contribution < -0.4 is 4.72 Å². The van der Waals surface area contributed by atoms with Crippen molar-refractivity contribution in [3.8, 4) is 0 Å². The lowest BCUT2D eigenvalue weighted by Gasteiger charge is -2.29. The molecule has 3 rings (SSSR count). The fourth-order valence-corrected chi connectivity index (χ4v) is 4.43. The summed E-state index contributed by atoms with van der Waals surface area (Å²) in [6, 6.07) is 14.1. The lowest BCUT2D eigenvalue weighted by molar-refractivity contribution is -0.143. The molecular formula is C21H26N2O4S. The molecule has 28 heavy (non-hydrogen) atoms. The fraction of sp³-hybridized carbons (Fsp3) is 0.381. The van der Waals surface area contributed by atoms with Gasteiger partial charge in [-0.3, -0.25) is 14.4 Å². The Balaban J connectivity index is 1.59. The van der Waals surface area contributed by atoms with E-state index in [9.17, 15) is 13.2 Å². The molecule has 2 aromatic rings. The number of benzene rings is 2. The molecule has 1 aliphatic heterocycles. The summed E-state index contributed by atoms with van der Waals surface area (Å²) >= 11 is 0. The quantitative estimate of drug-likeness (QED) is 0.687. The second-order valence-electron chi connectivity index (χ2n) is 6.84. The zero-order valence-electron chi connectivity index (χ0n) is 16.1. The Bertz CT molecular complexity index is 913. The van der Waals surface area contributed by atoms with E-state index in [2.05, 4.69) is 9.62 Å². The highest BCUT2D eigenvalue weighted by Gasteiger charge is 2.19. The standard InChI is InChI=1S/C21H26N2O4S/c1-2-27-21(24)9-6-13-23-14-12-17-15-19(11-10-18(17)16-23)22-28(25,26)20-7-4-3-5-8-20/h3-5,7-8,10-11,15,22H,2,6,9,12-14,16H2,1H3. The number of esters is 1. The van der Waals surface area contributed by atoms with Gasteiger partial charge in [-0.05, 0) is 61.7 Å². The van der Waals surface area contributed by atoms with E-state index in [1.165, 1.54) is 5.56 Å². The summed E-state index contributed by atoms with van der Waals surface area (Å²) in [5.41, 5.74) is 2.94. The van der Waals surface area contributed by atoms with E-state index in [0.717, 1.165) is 38.0 Å². The first kappa shape index (κ1) is 20.4. The van der Waals surface area contributed by atoms with Gasteiger partial charge in [0.2, 0.25) is 0 Å². The van der Waals surface area contributed by atoms with Gasteiger partial charge in [0.25, 0.3) is 10.0 Å². The molecule has 1 N–H and O–H groups in total. The zero-order valence-corrected chi connectivity index (χ0v) is 16.9. The van der Waals surface area contributed by atoms with Crippen molar-refractivity contribution in [2.24, 2.45) is 0 Å². The average molecular weight is 403 g/mol. The molecule has 0 bridgehead atoms. The molecule has 0 aliphatic carbocycles. The molecule has 0 fully saturated rings. The predicted octanol–water partition coefficient (Wildman–Crippen LogP) is 3.19.